The molecule has 0 unspecified atom stereocenters. The minimum absolute atomic E-state index is 0.0281. The van der Waals surface area contributed by atoms with Crippen molar-refractivity contribution in [1.29, 1.82) is 0 Å². The molecular formula is C21H27N5O2. The molecule has 0 atom stereocenters. The first-order valence-electron chi connectivity index (χ1n) is 10.3. The van der Waals surface area contributed by atoms with E-state index < -0.39 is 0 Å². The summed E-state index contributed by atoms with van der Waals surface area (Å²) in [6.07, 6.45) is 6.20. The first-order chi connectivity index (χ1) is 13.8. The Morgan fingerprint density at radius 2 is 1.75 bits per heavy atom. The van der Waals surface area contributed by atoms with Crippen LogP contribution in [0.3, 0.4) is 0 Å². The Hall–Kier alpha value is -2.38. The Morgan fingerprint density at radius 3 is 2.50 bits per heavy atom. The van der Waals surface area contributed by atoms with Gasteiger partial charge >= 0.3 is 5.69 Å². The minimum Gasteiger partial charge on any atom is -0.360 e. The van der Waals surface area contributed by atoms with Gasteiger partial charge in [-0.3, -0.25) is 9.47 Å². The molecular weight excluding hydrogens is 354 g/mol. The van der Waals surface area contributed by atoms with Gasteiger partial charge in [0.05, 0.1) is 23.8 Å². The van der Waals surface area contributed by atoms with E-state index in [1.807, 2.05) is 34.9 Å². The van der Waals surface area contributed by atoms with Crippen LogP contribution >= 0.6 is 0 Å². The molecule has 0 spiro atoms. The van der Waals surface area contributed by atoms with E-state index >= 15 is 0 Å². The lowest BCUT2D eigenvalue weighted by Gasteiger charge is -2.41. The van der Waals surface area contributed by atoms with Crippen LogP contribution in [0.2, 0.25) is 0 Å². The number of benzene rings is 1. The van der Waals surface area contributed by atoms with Gasteiger partial charge in [0.1, 0.15) is 0 Å². The van der Waals surface area contributed by atoms with Crippen LogP contribution in [0.1, 0.15) is 37.5 Å². The largest absolute Gasteiger partial charge is 0.360 e. The predicted molar refractivity (Wildman–Crippen MR) is 107 cm³/mol. The Morgan fingerprint density at radius 1 is 1.00 bits per heavy atom. The third kappa shape index (κ3) is 3.40. The first-order valence-corrected chi connectivity index (χ1v) is 10.3. The molecule has 28 heavy (non-hydrogen) atoms. The summed E-state index contributed by atoms with van der Waals surface area (Å²) in [6.45, 7) is 5.21. The fourth-order valence-electron chi connectivity index (χ4n) is 4.93. The molecule has 2 aromatic heterocycles. The molecule has 1 N–H and O–H groups in total. The fraction of sp³-hybridized carbons (Fsp3) is 0.524. The summed E-state index contributed by atoms with van der Waals surface area (Å²) >= 11 is 0. The molecule has 0 saturated carbocycles. The van der Waals surface area contributed by atoms with Crippen molar-refractivity contribution in [2.45, 2.75) is 44.3 Å². The van der Waals surface area contributed by atoms with E-state index in [4.69, 9.17) is 4.52 Å². The molecule has 2 aliphatic heterocycles. The van der Waals surface area contributed by atoms with Crippen molar-refractivity contribution in [2.24, 2.45) is 0 Å². The highest BCUT2D eigenvalue weighted by molar-refractivity contribution is 5.75. The number of aromatic nitrogens is 3. The molecule has 5 rings (SSSR count). The summed E-state index contributed by atoms with van der Waals surface area (Å²) in [5.74, 6) is 0.948. The second-order valence-electron chi connectivity index (χ2n) is 8.07. The maximum Gasteiger partial charge on any atom is 0.326 e. The topological polar surface area (TPSA) is 70.3 Å². The number of fused-ring (bicyclic) bond motifs is 1. The molecule has 2 aliphatic rings. The summed E-state index contributed by atoms with van der Waals surface area (Å²) in [5, 5.41) is 3.79. The van der Waals surface area contributed by atoms with Gasteiger partial charge in [-0.05, 0) is 37.8 Å². The molecule has 7 heteroatoms. The smallest absolute Gasteiger partial charge is 0.326 e. The van der Waals surface area contributed by atoms with Crippen LogP contribution in [0.15, 0.2) is 45.8 Å². The fourth-order valence-corrected chi connectivity index (χ4v) is 4.93. The third-order valence-corrected chi connectivity index (χ3v) is 6.43. The molecule has 2 saturated heterocycles. The number of likely N-dealkylation sites (tertiary alicyclic amines) is 2. The number of rotatable bonds is 4. The van der Waals surface area contributed by atoms with E-state index in [9.17, 15) is 4.79 Å². The van der Waals surface area contributed by atoms with Crippen LogP contribution in [-0.2, 0) is 6.54 Å². The van der Waals surface area contributed by atoms with E-state index in [2.05, 4.69) is 19.9 Å². The number of hydrogen-bond acceptors (Lipinski definition) is 5. The Labute approximate surface area is 163 Å². The standard InChI is InChI=1S/C21H27N5O2/c27-21-23-19-3-1-2-4-20(19)26(21)17-8-13-25(14-9-17)16-6-11-24(12-7-16)15-18-5-10-22-28-18/h1-5,10,16-17H,6-9,11-15H2,(H,23,27). The van der Waals surface area contributed by atoms with Crippen molar-refractivity contribution in [3.63, 3.8) is 0 Å². The second kappa shape index (κ2) is 7.56. The lowest BCUT2D eigenvalue weighted by molar-refractivity contribution is 0.0738. The third-order valence-electron chi connectivity index (χ3n) is 6.43. The van der Waals surface area contributed by atoms with Crippen LogP contribution in [0.5, 0.6) is 0 Å². The van der Waals surface area contributed by atoms with Gasteiger partial charge in [0, 0.05) is 44.3 Å². The predicted octanol–water partition coefficient (Wildman–Crippen LogP) is 2.62. The molecule has 1 aromatic carbocycles. The lowest BCUT2D eigenvalue weighted by Crippen LogP contribution is -2.48. The van der Waals surface area contributed by atoms with Gasteiger partial charge in [-0.15, -0.1) is 0 Å². The van der Waals surface area contributed by atoms with Gasteiger partial charge in [0.2, 0.25) is 0 Å². The number of aromatic amines is 1. The highest BCUT2D eigenvalue weighted by Crippen LogP contribution is 2.28. The number of piperidine rings is 2. The molecule has 148 valence electrons. The SMILES string of the molecule is O=c1[nH]c2ccccc2n1C1CCN(C2CCN(Cc3ccno3)CC2)CC1. The molecule has 4 heterocycles. The second-order valence-corrected chi connectivity index (χ2v) is 8.07. The Bertz CT molecular complexity index is 960. The van der Waals surface area contributed by atoms with Crippen molar-refractivity contribution < 1.29 is 4.52 Å². The van der Waals surface area contributed by atoms with E-state index in [1.165, 1.54) is 12.8 Å². The first kappa shape index (κ1) is 17.7. The molecule has 0 radical (unpaired) electrons. The number of H-pyrrole nitrogens is 1. The Kier molecular flexibility index (Phi) is 4.78. The van der Waals surface area contributed by atoms with Gasteiger partial charge in [-0.25, -0.2) is 4.79 Å². The normalized spacial score (nSPS) is 20.9. The van der Waals surface area contributed by atoms with Crippen molar-refractivity contribution in [3.8, 4) is 0 Å². The van der Waals surface area contributed by atoms with E-state index in [0.29, 0.717) is 12.1 Å². The molecule has 7 nitrogen and oxygen atoms in total. The maximum absolute atomic E-state index is 12.5. The number of hydrogen-bond donors (Lipinski definition) is 1. The van der Waals surface area contributed by atoms with Gasteiger partial charge in [-0.1, -0.05) is 17.3 Å². The Balaban J connectivity index is 1.18. The van der Waals surface area contributed by atoms with Crippen molar-refractivity contribution in [1.82, 2.24) is 24.5 Å². The number of nitrogens with one attached hydrogen (secondary N) is 1. The molecule has 0 amide bonds. The quantitative estimate of drug-likeness (QED) is 0.752. The molecule has 2 fully saturated rings. The number of para-hydroxylation sites is 2. The van der Waals surface area contributed by atoms with Gasteiger partial charge in [-0.2, -0.15) is 0 Å². The molecule has 0 aliphatic carbocycles. The summed E-state index contributed by atoms with van der Waals surface area (Å²) in [4.78, 5) is 20.6. The average Bonchev–Trinajstić information content (AvgIpc) is 3.35. The zero-order valence-corrected chi connectivity index (χ0v) is 16.1. The van der Waals surface area contributed by atoms with E-state index in [1.54, 1.807) is 6.20 Å². The van der Waals surface area contributed by atoms with Crippen LogP contribution in [0, 0.1) is 0 Å². The summed E-state index contributed by atoms with van der Waals surface area (Å²) < 4.78 is 7.21. The highest BCUT2D eigenvalue weighted by atomic mass is 16.5. The van der Waals surface area contributed by atoms with Crippen molar-refractivity contribution in [2.75, 3.05) is 26.2 Å². The van der Waals surface area contributed by atoms with Crippen LogP contribution in [0.25, 0.3) is 11.0 Å². The summed E-state index contributed by atoms with van der Waals surface area (Å²) in [6, 6.07) is 10.9. The van der Waals surface area contributed by atoms with Crippen molar-refractivity contribution in [3.05, 3.63) is 52.8 Å². The summed E-state index contributed by atoms with van der Waals surface area (Å²) in [7, 11) is 0. The minimum atomic E-state index is 0.0281. The zero-order valence-electron chi connectivity index (χ0n) is 16.1. The monoisotopic (exact) mass is 381 g/mol. The van der Waals surface area contributed by atoms with Gasteiger partial charge in [0.15, 0.2) is 5.76 Å². The lowest BCUT2D eigenvalue weighted by atomic mass is 9.97. The van der Waals surface area contributed by atoms with E-state index in [0.717, 1.165) is 62.4 Å². The van der Waals surface area contributed by atoms with Crippen molar-refractivity contribution >= 4 is 11.0 Å². The average molecular weight is 381 g/mol. The van der Waals surface area contributed by atoms with Crippen LogP contribution in [0.4, 0.5) is 0 Å². The molecule has 3 aromatic rings. The van der Waals surface area contributed by atoms with Crippen LogP contribution in [-0.4, -0.2) is 56.7 Å². The zero-order chi connectivity index (χ0) is 18.9. The van der Waals surface area contributed by atoms with Gasteiger partial charge in [0.25, 0.3) is 0 Å². The van der Waals surface area contributed by atoms with Crippen LogP contribution < -0.4 is 5.69 Å². The van der Waals surface area contributed by atoms with E-state index in [-0.39, 0.29) is 5.69 Å². The number of imidazole rings is 1. The maximum atomic E-state index is 12.5. The number of nitrogens with zero attached hydrogens (tertiary/aromatic N) is 4. The van der Waals surface area contributed by atoms with Gasteiger partial charge < -0.3 is 14.4 Å². The molecule has 0 bridgehead atoms. The highest BCUT2D eigenvalue weighted by Gasteiger charge is 2.30. The summed E-state index contributed by atoms with van der Waals surface area (Å²) in [5.41, 5.74) is 2.00.